The molecule has 1 aliphatic carbocycles. The second-order valence-corrected chi connectivity index (χ2v) is 5.47. The monoisotopic (exact) mass is 221 g/mol. The van der Waals surface area contributed by atoms with Crippen LogP contribution in [0.4, 0.5) is 0 Å². The molecule has 1 heterocycles. The van der Waals surface area contributed by atoms with Crippen LogP contribution in [0.15, 0.2) is 12.5 Å². The van der Waals surface area contributed by atoms with Crippen LogP contribution in [0.5, 0.6) is 0 Å². The minimum Gasteiger partial charge on any atom is -0.330 e. The average molecular weight is 221 g/mol. The van der Waals surface area contributed by atoms with Crippen molar-refractivity contribution in [1.29, 1.82) is 0 Å². The van der Waals surface area contributed by atoms with Crippen LogP contribution in [0, 0.1) is 11.8 Å². The summed E-state index contributed by atoms with van der Waals surface area (Å²) >= 11 is 0. The second-order valence-electron chi connectivity index (χ2n) is 5.47. The van der Waals surface area contributed by atoms with E-state index in [4.69, 9.17) is 5.73 Å². The van der Waals surface area contributed by atoms with Gasteiger partial charge in [0.1, 0.15) is 0 Å². The lowest BCUT2D eigenvalue weighted by Crippen LogP contribution is -2.23. The summed E-state index contributed by atoms with van der Waals surface area (Å²) in [5, 5.41) is 0. The minimum absolute atomic E-state index is 0.107. The maximum Gasteiger partial charge on any atom is 0.0951 e. The molecule has 0 saturated heterocycles. The van der Waals surface area contributed by atoms with Crippen LogP contribution < -0.4 is 5.73 Å². The number of rotatable bonds is 3. The van der Waals surface area contributed by atoms with Gasteiger partial charge in [0.2, 0.25) is 0 Å². The molecule has 90 valence electrons. The highest BCUT2D eigenvalue weighted by molar-refractivity contribution is 5.08. The summed E-state index contributed by atoms with van der Waals surface area (Å²) in [6.07, 6.45) is 7.84. The van der Waals surface area contributed by atoms with Crippen LogP contribution >= 0.6 is 0 Å². The highest BCUT2D eigenvalue weighted by atomic mass is 15.1. The molecular weight excluding hydrogens is 198 g/mol. The number of aromatic nitrogens is 2. The predicted octanol–water partition coefficient (Wildman–Crippen LogP) is 2.90. The Hall–Kier alpha value is -0.830. The first-order valence-electron chi connectivity index (χ1n) is 6.38. The number of nitrogens with zero attached hydrogens (tertiary/aromatic N) is 2. The normalized spacial score (nSPS) is 27.6. The topological polar surface area (TPSA) is 43.8 Å². The van der Waals surface area contributed by atoms with E-state index in [1.165, 1.54) is 25.0 Å². The first-order chi connectivity index (χ1) is 7.61. The van der Waals surface area contributed by atoms with Gasteiger partial charge in [-0.25, -0.2) is 4.98 Å². The van der Waals surface area contributed by atoms with Crippen molar-refractivity contribution < 1.29 is 0 Å². The predicted molar refractivity (Wildman–Crippen MR) is 66.0 cm³/mol. The molecule has 1 aromatic rings. The number of hydrogen-bond donors (Lipinski definition) is 1. The first-order valence-corrected chi connectivity index (χ1v) is 6.38. The van der Waals surface area contributed by atoms with Crippen molar-refractivity contribution in [3.8, 4) is 0 Å². The Morgan fingerprint density at radius 3 is 2.75 bits per heavy atom. The van der Waals surface area contributed by atoms with Gasteiger partial charge in [0.25, 0.3) is 0 Å². The summed E-state index contributed by atoms with van der Waals surface area (Å²) in [6, 6.07) is 0.720. The number of hydrogen-bond acceptors (Lipinski definition) is 2. The van der Waals surface area contributed by atoms with Gasteiger partial charge in [-0.3, -0.25) is 0 Å². The third-order valence-electron chi connectivity index (χ3n) is 3.93. The molecule has 0 spiro atoms. The fourth-order valence-electron chi connectivity index (χ4n) is 2.73. The maximum atomic E-state index is 6.24. The van der Waals surface area contributed by atoms with E-state index in [2.05, 4.69) is 30.3 Å². The summed E-state index contributed by atoms with van der Waals surface area (Å²) in [5.41, 5.74) is 7.44. The molecule has 0 aromatic carbocycles. The quantitative estimate of drug-likeness (QED) is 0.853. The van der Waals surface area contributed by atoms with Gasteiger partial charge in [-0.1, -0.05) is 27.2 Å². The molecule has 3 atom stereocenters. The Morgan fingerprint density at radius 2 is 2.19 bits per heavy atom. The lowest BCUT2D eigenvalue weighted by molar-refractivity contribution is 0.375. The first kappa shape index (κ1) is 11.6. The molecule has 16 heavy (non-hydrogen) atoms. The molecule has 3 unspecified atom stereocenters. The van der Waals surface area contributed by atoms with Crippen molar-refractivity contribution in [3.63, 3.8) is 0 Å². The third kappa shape index (κ3) is 2.01. The maximum absolute atomic E-state index is 6.24. The molecule has 1 saturated carbocycles. The average Bonchev–Trinajstić information content (AvgIpc) is 2.84. The zero-order chi connectivity index (χ0) is 11.7. The van der Waals surface area contributed by atoms with Crippen molar-refractivity contribution in [2.45, 2.75) is 52.1 Å². The zero-order valence-corrected chi connectivity index (χ0v) is 10.6. The van der Waals surface area contributed by atoms with Crippen molar-refractivity contribution in [2.24, 2.45) is 17.6 Å². The fourth-order valence-corrected chi connectivity index (χ4v) is 2.73. The van der Waals surface area contributed by atoms with E-state index in [9.17, 15) is 0 Å². The van der Waals surface area contributed by atoms with E-state index in [0.717, 1.165) is 5.92 Å². The molecule has 3 heteroatoms. The third-order valence-corrected chi connectivity index (χ3v) is 3.93. The van der Waals surface area contributed by atoms with Crippen LogP contribution in [0.2, 0.25) is 0 Å². The molecule has 0 amide bonds. The van der Waals surface area contributed by atoms with Crippen LogP contribution in [0.3, 0.4) is 0 Å². The lowest BCUT2D eigenvalue weighted by Gasteiger charge is -2.24. The zero-order valence-electron chi connectivity index (χ0n) is 10.6. The van der Waals surface area contributed by atoms with E-state index in [0.29, 0.717) is 12.0 Å². The molecule has 1 fully saturated rings. The summed E-state index contributed by atoms with van der Waals surface area (Å²) in [6.45, 7) is 6.67. The summed E-state index contributed by atoms with van der Waals surface area (Å²) in [7, 11) is 0. The minimum atomic E-state index is 0.107. The standard InChI is InChI=1S/C13H23N3/c1-9(2)13(14)12-7-15-8-16(12)11-6-4-5-10(11)3/h7-11,13H,4-6,14H2,1-3H3. The van der Waals surface area contributed by atoms with Gasteiger partial charge in [0.05, 0.1) is 12.0 Å². The van der Waals surface area contributed by atoms with E-state index in [-0.39, 0.29) is 6.04 Å². The fraction of sp³-hybridized carbons (Fsp3) is 0.769. The van der Waals surface area contributed by atoms with Gasteiger partial charge in [0, 0.05) is 18.3 Å². The van der Waals surface area contributed by atoms with Crippen LogP contribution in [0.25, 0.3) is 0 Å². The second kappa shape index (κ2) is 4.58. The summed E-state index contributed by atoms with van der Waals surface area (Å²) < 4.78 is 2.32. The van der Waals surface area contributed by atoms with Gasteiger partial charge in [-0.05, 0) is 24.7 Å². The molecule has 3 nitrogen and oxygen atoms in total. The van der Waals surface area contributed by atoms with Gasteiger partial charge in [-0.2, -0.15) is 0 Å². The van der Waals surface area contributed by atoms with Gasteiger partial charge in [-0.15, -0.1) is 0 Å². The Morgan fingerprint density at radius 1 is 1.44 bits per heavy atom. The van der Waals surface area contributed by atoms with Crippen LogP contribution in [0.1, 0.15) is 57.8 Å². The Balaban J connectivity index is 2.25. The SMILES string of the molecule is CC(C)C(N)c1cncn1C1CCCC1C. The van der Waals surface area contributed by atoms with Gasteiger partial charge in [0.15, 0.2) is 0 Å². The van der Waals surface area contributed by atoms with E-state index < -0.39 is 0 Å². The highest BCUT2D eigenvalue weighted by Gasteiger charge is 2.27. The van der Waals surface area contributed by atoms with E-state index >= 15 is 0 Å². The Bertz CT molecular complexity index is 343. The smallest absolute Gasteiger partial charge is 0.0951 e. The van der Waals surface area contributed by atoms with Crippen molar-refractivity contribution >= 4 is 0 Å². The molecule has 1 aromatic heterocycles. The molecule has 0 aliphatic heterocycles. The van der Waals surface area contributed by atoms with Gasteiger partial charge < -0.3 is 10.3 Å². The summed E-state index contributed by atoms with van der Waals surface area (Å²) in [4.78, 5) is 4.29. The van der Waals surface area contributed by atoms with E-state index in [1.807, 2.05) is 12.5 Å². The Kier molecular flexibility index (Phi) is 3.33. The lowest BCUT2D eigenvalue weighted by atomic mass is 10.0. The molecule has 0 bridgehead atoms. The van der Waals surface area contributed by atoms with Crippen LogP contribution in [-0.2, 0) is 0 Å². The molecule has 2 rings (SSSR count). The number of nitrogens with two attached hydrogens (primary N) is 1. The molecule has 1 aliphatic rings. The van der Waals surface area contributed by atoms with Crippen molar-refractivity contribution in [1.82, 2.24) is 9.55 Å². The Labute approximate surface area is 98.1 Å². The van der Waals surface area contributed by atoms with Crippen molar-refractivity contribution in [2.75, 3.05) is 0 Å². The van der Waals surface area contributed by atoms with Crippen molar-refractivity contribution in [3.05, 3.63) is 18.2 Å². The molecule has 2 N–H and O–H groups in total. The summed E-state index contributed by atoms with van der Waals surface area (Å²) in [5.74, 6) is 1.22. The largest absolute Gasteiger partial charge is 0.330 e. The molecular formula is C13H23N3. The van der Waals surface area contributed by atoms with E-state index in [1.54, 1.807) is 0 Å². The molecule has 0 radical (unpaired) electrons. The van der Waals surface area contributed by atoms with Crippen LogP contribution in [-0.4, -0.2) is 9.55 Å². The highest BCUT2D eigenvalue weighted by Crippen LogP contribution is 2.37. The van der Waals surface area contributed by atoms with Gasteiger partial charge >= 0.3 is 0 Å². The number of imidazole rings is 1.